The predicted octanol–water partition coefficient (Wildman–Crippen LogP) is 2.81. The molecule has 1 fully saturated rings. The number of ether oxygens (including phenoxy) is 1. The molecule has 4 heteroatoms. The summed E-state index contributed by atoms with van der Waals surface area (Å²) in [5.41, 5.74) is 2.68. The number of rotatable bonds is 3. The number of halogens is 1. The molecular weight excluding hydrogens is 268 g/mol. The molecule has 0 saturated carbocycles. The highest BCUT2D eigenvalue weighted by Gasteiger charge is 2.23. The van der Waals surface area contributed by atoms with Gasteiger partial charge in [0.25, 0.3) is 0 Å². The van der Waals surface area contributed by atoms with Gasteiger partial charge in [0, 0.05) is 37.7 Å². The Balaban J connectivity index is 2.24. The molecule has 0 N–H and O–H groups in total. The zero-order valence-electron chi connectivity index (χ0n) is 9.95. The number of hydrogen-bond acceptors (Lipinski definition) is 2. The first-order valence-corrected chi connectivity index (χ1v) is 7.01. The van der Waals surface area contributed by atoms with E-state index in [1.807, 2.05) is 11.7 Å². The largest absolute Gasteiger partial charge is 0.381 e. The van der Waals surface area contributed by atoms with E-state index in [9.17, 15) is 0 Å². The van der Waals surface area contributed by atoms with Gasteiger partial charge in [-0.25, -0.2) is 0 Å². The molecule has 3 nitrogen and oxygen atoms in total. The van der Waals surface area contributed by atoms with Gasteiger partial charge in [-0.1, -0.05) is 22.9 Å². The van der Waals surface area contributed by atoms with Gasteiger partial charge in [0.15, 0.2) is 0 Å². The Kier molecular flexibility index (Phi) is 4.03. The summed E-state index contributed by atoms with van der Waals surface area (Å²) in [6.07, 6.45) is 4.38. The molecule has 90 valence electrons. The third kappa shape index (κ3) is 2.48. The molecule has 1 aromatic rings. The van der Waals surface area contributed by atoms with E-state index >= 15 is 0 Å². The maximum atomic E-state index is 5.41. The first-order valence-electron chi connectivity index (χ1n) is 5.89. The lowest BCUT2D eigenvalue weighted by Crippen LogP contribution is -2.16. The van der Waals surface area contributed by atoms with E-state index < -0.39 is 0 Å². The molecule has 2 rings (SSSR count). The fourth-order valence-electron chi connectivity index (χ4n) is 2.28. The fourth-order valence-corrected chi connectivity index (χ4v) is 2.62. The Morgan fingerprint density at radius 3 is 2.88 bits per heavy atom. The predicted molar refractivity (Wildman–Crippen MR) is 68.2 cm³/mol. The monoisotopic (exact) mass is 286 g/mol. The second-order valence-corrected chi connectivity index (χ2v) is 5.23. The molecule has 0 amide bonds. The van der Waals surface area contributed by atoms with Gasteiger partial charge in [-0.15, -0.1) is 0 Å². The van der Waals surface area contributed by atoms with E-state index in [0.29, 0.717) is 11.8 Å². The van der Waals surface area contributed by atoms with Gasteiger partial charge in [0.2, 0.25) is 0 Å². The molecule has 2 heterocycles. The Morgan fingerprint density at radius 2 is 2.25 bits per heavy atom. The van der Waals surface area contributed by atoms with Gasteiger partial charge < -0.3 is 4.74 Å². The van der Waals surface area contributed by atoms with Gasteiger partial charge in [-0.05, 0) is 24.3 Å². The molecule has 0 radical (unpaired) electrons. The van der Waals surface area contributed by atoms with Crippen LogP contribution in [0.1, 0.15) is 42.9 Å². The Morgan fingerprint density at radius 1 is 1.56 bits per heavy atom. The van der Waals surface area contributed by atoms with Crippen LogP contribution in [-0.2, 0) is 11.8 Å². The summed E-state index contributed by atoms with van der Waals surface area (Å²) in [6.45, 7) is 4.00. The van der Waals surface area contributed by atoms with E-state index in [4.69, 9.17) is 4.74 Å². The first-order chi connectivity index (χ1) is 7.72. The summed E-state index contributed by atoms with van der Waals surface area (Å²) in [5, 5.41) is 5.64. The van der Waals surface area contributed by atoms with Crippen molar-refractivity contribution in [1.29, 1.82) is 0 Å². The summed E-state index contributed by atoms with van der Waals surface area (Å²) < 4.78 is 7.35. The lowest BCUT2D eigenvalue weighted by atomic mass is 9.90. The molecule has 1 aromatic heterocycles. The number of nitrogens with zero attached hydrogens (tertiary/aromatic N) is 2. The van der Waals surface area contributed by atoms with Crippen LogP contribution in [0.2, 0.25) is 0 Å². The fraction of sp³-hybridized carbons (Fsp3) is 0.750. The van der Waals surface area contributed by atoms with Crippen molar-refractivity contribution < 1.29 is 4.74 Å². The maximum Gasteiger partial charge on any atom is 0.0692 e. The van der Waals surface area contributed by atoms with E-state index in [1.165, 1.54) is 11.3 Å². The molecular formula is C12H19BrN2O. The van der Waals surface area contributed by atoms with Crippen molar-refractivity contribution in [3.8, 4) is 0 Å². The van der Waals surface area contributed by atoms with Crippen molar-refractivity contribution in [2.24, 2.45) is 7.05 Å². The minimum absolute atomic E-state index is 0.534. The maximum absolute atomic E-state index is 5.41. The smallest absolute Gasteiger partial charge is 0.0692 e. The third-order valence-corrected chi connectivity index (χ3v) is 4.23. The highest BCUT2D eigenvalue weighted by Crippen LogP contribution is 2.32. The lowest BCUT2D eigenvalue weighted by Gasteiger charge is -2.22. The van der Waals surface area contributed by atoms with E-state index in [-0.39, 0.29) is 0 Å². The van der Waals surface area contributed by atoms with Gasteiger partial charge in [-0.3, -0.25) is 4.68 Å². The molecule has 1 saturated heterocycles. The molecule has 1 unspecified atom stereocenters. The second kappa shape index (κ2) is 5.32. The van der Waals surface area contributed by atoms with Gasteiger partial charge >= 0.3 is 0 Å². The quantitative estimate of drug-likeness (QED) is 0.799. The average molecular weight is 287 g/mol. The second-order valence-electron chi connectivity index (χ2n) is 4.59. The van der Waals surface area contributed by atoms with Crippen LogP contribution in [0, 0.1) is 0 Å². The third-order valence-electron chi connectivity index (χ3n) is 3.26. The molecule has 0 bridgehead atoms. The lowest BCUT2D eigenvalue weighted by molar-refractivity contribution is 0.0842. The Bertz CT molecular complexity index is 345. The molecule has 0 aromatic carbocycles. The van der Waals surface area contributed by atoms with Gasteiger partial charge in [-0.2, -0.15) is 5.10 Å². The molecule has 1 aliphatic rings. The highest BCUT2D eigenvalue weighted by atomic mass is 79.9. The molecule has 1 aliphatic heterocycles. The average Bonchev–Trinajstić information content (AvgIpc) is 2.71. The standard InChI is InChI=1S/C12H19BrN2O/c1-9(7-13)11-8-15(2)14-12(11)10-3-5-16-6-4-10/h8-10H,3-7H2,1-2H3. The highest BCUT2D eigenvalue weighted by molar-refractivity contribution is 9.09. The number of aromatic nitrogens is 2. The van der Waals surface area contributed by atoms with Gasteiger partial charge in [0.05, 0.1) is 5.69 Å². The van der Waals surface area contributed by atoms with Crippen molar-refractivity contribution >= 4 is 15.9 Å². The summed E-state index contributed by atoms with van der Waals surface area (Å²) in [6, 6.07) is 0. The molecule has 1 atom stereocenters. The number of hydrogen-bond donors (Lipinski definition) is 0. The van der Waals surface area contributed by atoms with E-state index in [1.54, 1.807) is 0 Å². The van der Waals surface area contributed by atoms with Crippen LogP contribution in [0.15, 0.2) is 6.20 Å². The molecule has 0 spiro atoms. The van der Waals surface area contributed by atoms with Crippen molar-refractivity contribution in [3.05, 3.63) is 17.5 Å². The van der Waals surface area contributed by atoms with Crippen molar-refractivity contribution in [3.63, 3.8) is 0 Å². The van der Waals surface area contributed by atoms with Crippen LogP contribution in [0.3, 0.4) is 0 Å². The van der Waals surface area contributed by atoms with Crippen molar-refractivity contribution in [2.75, 3.05) is 18.5 Å². The topological polar surface area (TPSA) is 27.1 Å². The Hall–Kier alpha value is -0.350. The van der Waals surface area contributed by atoms with Crippen LogP contribution < -0.4 is 0 Å². The first kappa shape index (κ1) is 12.1. The number of aryl methyl sites for hydroxylation is 1. The summed E-state index contributed by atoms with van der Waals surface area (Å²) in [4.78, 5) is 0. The molecule has 16 heavy (non-hydrogen) atoms. The molecule has 0 aliphatic carbocycles. The van der Waals surface area contributed by atoms with Crippen LogP contribution in [0.5, 0.6) is 0 Å². The minimum atomic E-state index is 0.534. The summed E-state index contributed by atoms with van der Waals surface area (Å²) in [5.74, 6) is 1.12. The van der Waals surface area contributed by atoms with Crippen molar-refractivity contribution in [2.45, 2.75) is 31.6 Å². The van der Waals surface area contributed by atoms with E-state index in [2.05, 4.69) is 34.1 Å². The van der Waals surface area contributed by atoms with Crippen LogP contribution in [0.25, 0.3) is 0 Å². The Labute approximate surface area is 105 Å². The van der Waals surface area contributed by atoms with Crippen LogP contribution in [0.4, 0.5) is 0 Å². The van der Waals surface area contributed by atoms with Crippen LogP contribution >= 0.6 is 15.9 Å². The number of alkyl halides is 1. The zero-order chi connectivity index (χ0) is 11.5. The SMILES string of the molecule is CC(CBr)c1cn(C)nc1C1CCOCC1. The van der Waals surface area contributed by atoms with Gasteiger partial charge in [0.1, 0.15) is 0 Å². The normalized spacial score (nSPS) is 19.9. The van der Waals surface area contributed by atoms with Crippen LogP contribution in [-0.4, -0.2) is 28.3 Å². The van der Waals surface area contributed by atoms with E-state index in [0.717, 1.165) is 31.4 Å². The zero-order valence-corrected chi connectivity index (χ0v) is 11.5. The minimum Gasteiger partial charge on any atom is -0.381 e. The summed E-state index contributed by atoms with van der Waals surface area (Å²) in [7, 11) is 2.01. The van der Waals surface area contributed by atoms with Crippen molar-refractivity contribution in [1.82, 2.24) is 9.78 Å². The summed E-state index contributed by atoms with van der Waals surface area (Å²) >= 11 is 3.56.